The summed E-state index contributed by atoms with van der Waals surface area (Å²) in [6.07, 6.45) is -0.330. The number of ether oxygens (including phenoxy) is 1. The van der Waals surface area contributed by atoms with Crippen molar-refractivity contribution < 1.29 is 14.8 Å². The van der Waals surface area contributed by atoms with Gasteiger partial charge in [-0.2, -0.15) is 0 Å². The number of aliphatic hydroxyl groups is 1. The lowest BCUT2D eigenvalue weighted by atomic mass is 10.0. The van der Waals surface area contributed by atoms with Crippen LogP contribution in [0.3, 0.4) is 0 Å². The van der Waals surface area contributed by atoms with Gasteiger partial charge >= 0.3 is 0 Å². The summed E-state index contributed by atoms with van der Waals surface area (Å²) in [5.41, 5.74) is 0.203. The average molecular weight is 266 g/mol. The molecule has 1 aliphatic rings. The van der Waals surface area contributed by atoms with Crippen LogP contribution >= 0.6 is 0 Å². The first-order valence-corrected chi connectivity index (χ1v) is 6.20. The van der Waals surface area contributed by atoms with Crippen LogP contribution in [0.2, 0.25) is 0 Å². The van der Waals surface area contributed by atoms with E-state index in [2.05, 4.69) is 0 Å². The Hall–Kier alpha value is -1.66. The lowest BCUT2D eigenvalue weighted by Crippen LogP contribution is -2.54. The van der Waals surface area contributed by atoms with Gasteiger partial charge in [-0.05, 0) is 19.9 Å². The number of nitrogens with zero attached hydrogens (tertiary/aromatic N) is 2. The molecule has 2 rings (SSSR count). The van der Waals surface area contributed by atoms with Crippen LogP contribution in [0.4, 0.5) is 11.4 Å². The summed E-state index contributed by atoms with van der Waals surface area (Å²) in [5.74, 6) is 0. The molecule has 6 nitrogen and oxygen atoms in total. The van der Waals surface area contributed by atoms with Crippen molar-refractivity contribution in [1.29, 1.82) is 0 Å². The number of nitro groups is 1. The molecule has 104 valence electrons. The van der Waals surface area contributed by atoms with E-state index < -0.39 is 5.60 Å². The minimum atomic E-state index is -0.449. The van der Waals surface area contributed by atoms with Crippen molar-refractivity contribution in [3.63, 3.8) is 0 Å². The highest BCUT2D eigenvalue weighted by atomic mass is 16.6. The fraction of sp³-hybridized carbons (Fsp3) is 0.538. The number of benzene rings is 1. The Kier molecular flexibility index (Phi) is 3.73. The molecular formula is C13H18N2O4. The lowest BCUT2D eigenvalue weighted by molar-refractivity contribution is -0.384. The number of rotatable bonds is 3. The standard InChI is InChI=1S/C13H18N2O4/c1-13(2)9-14(7-10(8-16)19-13)11-5-3-4-6-12(11)15(17)18/h3-6,10,16H,7-9H2,1-2H3. The average Bonchev–Trinajstić information content (AvgIpc) is 2.36. The zero-order valence-corrected chi connectivity index (χ0v) is 11.1. The first-order valence-electron chi connectivity index (χ1n) is 6.20. The van der Waals surface area contributed by atoms with Crippen molar-refractivity contribution in [3.05, 3.63) is 34.4 Å². The maximum absolute atomic E-state index is 11.1. The minimum Gasteiger partial charge on any atom is -0.394 e. The molecule has 1 heterocycles. The second kappa shape index (κ2) is 5.14. The van der Waals surface area contributed by atoms with Gasteiger partial charge in [-0.25, -0.2) is 0 Å². The quantitative estimate of drug-likeness (QED) is 0.664. The van der Waals surface area contributed by atoms with Gasteiger partial charge in [0.05, 0.1) is 23.2 Å². The Bertz CT molecular complexity index is 475. The number of para-hydroxylation sites is 2. The number of hydrogen-bond donors (Lipinski definition) is 1. The second-order valence-electron chi connectivity index (χ2n) is 5.31. The monoisotopic (exact) mass is 266 g/mol. The first-order chi connectivity index (χ1) is 8.93. The van der Waals surface area contributed by atoms with E-state index in [1.165, 1.54) is 6.07 Å². The van der Waals surface area contributed by atoms with Crippen molar-refractivity contribution in [2.75, 3.05) is 24.6 Å². The number of nitro benzene ring substituents is 1. The molecule has 19 heavy (non-hydrogen) atoms. The van der Waals surface area contributed by atoms with Crippen molar-refractivity contribution in [3.8, 4) is 0 Å². The lowest BCUT2D eigenvalue weighted by Gasteiger charge is -2.43. The van der Waals surface area contributed by atoms with Crippen LogP contribution in [0, 0.1) is 10.1 Å². The Morgan fingerprint density at radius 3 is 2.84 bits per heavy atom. The van der Waals surface area contributed by atoms with E-state index in [-0.39, 0.29) is 23.3 Å². The van der Waals surface area contributed by atoms with Crippen LogP contribution in [0.5, 0.6) is 0 Å². The molecule has 1 aromatic rings. The predicted molar refractivity (Wildman–Crippen MR) is 71.3 cm³/mol. The summed E-state index contributed by atoms with van der Waals surface area (Å²) in [7, 11) is 0. The van der Waals surface area contributed by atoms with Gasteiger partial charge in [0, 0.05) is 19.2 Å². The Morgan fingerprint density at radius 2 is 2.21 bits per heavy atom. The van der Waals surface area contributed by atoms with Crippen LogP contribution in [0.25, 0.3) is 0 Å². The van der Waals surface area contributed by atoms with Gasteiger partial charge in [0.2, 0.25) is 0 Å². The molecule has 1 aliphatic heterocycles. The van der Waals surface area contributed by atoms with Gasteiger partial charge in [-0.15, -0.1) is 0 Å². The van der Waals surface area contributed by atoms with Crippen molar-refractivity contribution in [1.82, 2.24) is 0 Å². The third-order valence-electron chi connectivity index (χ3n) is 3.10. The highest BCUT2D eigenvalue weighted by molar-refractivity contribution is 5.63. The molecule has 1 fully saturated rings. The highest BCUT2D eigenvalue weighted by Gasteiger charge is 2.35. The number of hydrogen-bond acceptors (Lipinski definition) is 5. The van der Waals surface area contributed by atoms with Gasteiger partial charge in [0.1, 0.15) is 5.69 Å². The zero-order chi connectivity index (χ0) is 14.0. The summed E-state index contributed by atoms with van der Waals surface area (Å²) in [6.45, 7) is 4.73. The van der Waals surface area contributed by atoms with E-state index in [1.54, 1.807) is 18.2 Å². The number of morpholine rings is 1. The Labute approximate surface area is 111 Å². The molecule has 0 saturated carbocycles. The van der Waals surface area contributed by atoms with E-state index in [0.717, 1.165) is 0 Å². The number of aliphatic hydroxyl groups excluding tert-OH is 1. The molecule has 1 unspecified atom stereocenters. The fourth-order valence-corrected chi connectivity index (χ4v) is 2.46. The van der Waals surface area contributed by atoms with Crippen molar-refractivity contribution in [2.45, 2.75) is 25.6 Å². The van der Waals surface area contributed by atoms with E-state index in [0.29, 0.717) is 18.8 Å². The largest absolute Gasteiger partial charge is 0.394 e. The third-order valence-corrected chi connectivity index (χ3v) is 3.10. The van der Waals surface area contributed by atoms with Crippen molar-refractivity contribution in [2.24, 2.45) is 0 Å². The summed E-state index contributed by atoms with van der Waals surface area (Å²) in [6, 6.07) is 6.65. The third kappa shape index (κ3) is 3.02. The van der Waals surface area contributed by atoms with Crippen LogP contribution in [-0.4, -0.2) is 41.4 Å². The maximum atomic E-state index is 11.1. The second-order valence-corrected chi connectivity index (χ2v) is 5.31. The predicted octanol–water partition coefficient (Wildman–Crippen LogP) is 1.57. The molecule has 0 aromatic heterocycles. The molecule has 1 atom stereocenters. The summed E-state index contributed by atoms with van der Waals surface area (Å²) >= 11 is 0. The number of anilines is 1. The van der Waals surface area contributed by atoms with Crippen molar-refractivity contribution >= 4 is 11.4 Å². The van der Waals surface area contributed by atoms with Crippen LogP contribution in [-0.2, 0) is 4.74 Å². The zero-order valence-electron chi connectivity index (χ0n) is 11.1. The molecule has 1 N–H and O–H groups in total. The molecule has 0 aliphatic carbocycles. The summed E-state index contributed by atoms with van der Waals surface area (Å²) in [5, 5.41) is 20.4. The molecule has 1 saturated heterocycles. The highest BCUT2D eigenvalue weighted by Crippen LogP contribution is 2.32. The molecular weight excluding hydrogens is 248 g/mol. The van der Waals surface area contributed by atoms with Crippen LogP contribution in [0.15, 0.2) is 24.3 Å². The normalized spacial score (nSPS) is 22.3. The molecule has 6 heteroatoms. The van der Waals surface area contributed by atoms with E-state index in [1.807, 2.05) is 18.7 Å². The topological polar surface area (TPSA) is 75.8 Å². The first kappa shape index (κ1) is 13.8. The van der Waals surface area contributed by atoms with Gasteiger partial charge in [-0.1, -0.05) is 12.1 Å². The molecule has 0 spiro atoms. The SMILES string of the molecule is CC1(C)CN(c2ccccc2[N+](=O)[O-])CC(CO)O1. The Balaban J connectivity index is 2.33. The van der Waals surface area contributed by atoms with Gasteiger partial charge in [0.15, 0.2) is 0 Å². The van der Waals surface area contributed by atoms with Gasteiger partial charge < -0.3 is 14.7 Å². The summed E-state index contributed by atoms with van der Waals surface area (Å²) < 4.78 is 5.71. The molecule has 0 amide bonds. The Morgan fingerprint density at radius 1 is 1.53 bits per heavy atom. The molecule has 0 radical (unpaired) electrons. The van der Waals surface area contributed by atoms with E-state index in [4.69, 9.17) is 4.74 Å². The molecule has 0 bridgehead atoms. The summed E-state index contributed by atoms with van der Waals surface area (Å²) in [4.78, 5) is 12.6. The maximum Gasteiger partial charge on any atom is 0.292 e. The van der Waals surface area contributed by atoms with E-state index in [9.17, 15) is 15.2 Å². The van der Waals surface area contributed by atoms with Crippen LogP contribution < -0.4 is 4.90 Å². The van der Waals surface area contributed by atoms with Crippen LogP contribution in [0.1, 0.15) is 13.8 Å². The van der Waals surface area contributed by atoms with Gasteiger partial charge in [-0.3, -0.25) is 10.1 Å². The molecule has 1 aromatic carbocycles. The fourth-order valence-electron chi connectivity index (χ4n) is 2.46. The van der Waals surface area contributed by atoms with E-state index >= 15 is 0 Å². The smallest absolute Gasteiger partial charge is 0.292 e. The minimum absolute atomic E-state index is 0.0805. The van der Waals surface area contributed by atoms with Gasteiger partial charge in [0.25, 0.3) is 5.69 Å².